The molecule has 1 radical (unpaired) electrons. The Kier molecular flexibility index (Phi) is 6.54. The van der Waals surface area contributed by atoms with Crippen molar-refractivity contribution >= 4 is 12.4 Å². The van der Waals surface area contributed by atoms with Gasteiger partial charge in [-0.2, -0.15) is 0 Å². The quantitative estimate of drug-likeness (QED) is 0.249. The molecule has 0 heterocycles. The topological polar surface area (TPSA) is 52.6 Å². The lowest BCUT2D eigenvalue weighted by molar-refractivity contribution is -0.136. The minimum Gasteiger partial charge on any atom is -0.458 e. The molecule has 0 saturated carbocycles. The van der Waals surface area contributed by atoms with Crippen LogP contribution in [-0.2, 0) is 19.1 Å². The van der Waals surface area contributed by atoms with Crippen molar-refractivity contribution in [2.24, 2.45) is 0 Å². The summed E-state index contributed by atoms with van der Waals surface area (Å²) in [6.07, 6.45) is 3.98. The molecule has 0 aromatic rings. The van der Waals surface area contributed by atoms with E-state index in [1.54, 1.807) is 0 Å². The van der Waals surface area contributed by atoms with Crippen LogP contribution < -0.4 is 0 Å². The molecule has 0 unspecified atom stereocenters. The molecule has 0 spiro atoms. The van der Waals surface area contributed by atoms with Crippen molar-refractivity contribution in [1.29, 1.82) is 0 Å². The summed E-state index contributed by atoms with van der Waals surface area (Å²) in [6.45, 7) is 4.77. The molecule has 0 amide bonds. The van der Waals surface area contributed by atoms with E-state index in [-0.39, 0.29) is 13.2 Å². The Balaban J connectivity index is 3.46. The minimum atomic E-state index is -0.496. The van der Waals surface area contributed by atoms with E-state index in [0.29, 0.717) is 0 Å². The first-order chi connectivity index (χ1) is 5.81. The van der Waals surface area contributed by atoms with Gasteiger partial charge in [0, 0.05) is 6.08 Å². The summed E-state index contributed by atoms with van der Waals surface area (Å²) in [7, 11) is 0. The number of carbonyl (C=O) groups is 1. The summed E-state index contributed by atoms with van der Waals surface area (Å²) in [6, 6.07) is 0. The zero-order valence-corrected chi connectivity index (χ0v) is 6.49. The van der Waals surface area contributed by atoms with Crippen LogP contribution in [0.5, 0.6) is 0 Å². The van der Waals surface area contributed by atoms with Gasteiger partial charge in [0.05, 0.1) is 0 Å². The van der Waals surface area contributed by atoms with Crippen LogP contribution in [0.2, 0.25) is 0 Å². The first kappa shape index (κ1) is 10.4. The first-order valence-corrected chi connectivity index (χ1v) is 3.24. The van der Waals surface area contributed by atoms with E-state index in [1.165, 1.54) is 24.7 Å². The van der Waals surface area contributed by atoms with Gasteiger partial charge in [0.25, 0.3) is 0 Å². The molecule has 0 atom stereocenters. The Morgan fingerprint density at radius 3 is 2.83 bits per heavy atom. The van der Waals surface area contributed by atoms with Gasteiger partial charge >= 0.3 is 12.4 Å². The maximum Gasteiger partial charge on any atom is 0.417 e. The van der Waals surface area contributed by atoms with Gasteiger partial charge in [0.15, 0.2) is 0 Å². The summed E-state index contributed by atoms with van der Waals surface area (Å²) < 4.78 is 8.74. The third kappa shape index (κ3) is 6.54. The Labute approximate surface area is 70.5 Å². The maximum atomic E-state index is 10.7. The lowest BCUT2D eigenvalue weighted by Gasteiger charge is -1.94. The zero-order valence-electron chi connectivity index (χ0n) is 6.49. The van der Waals surface area contributed by atoms with Crippen LogP contribution in [0.4, 0.5) is 0 Å². The summed E-state index contributed by atoms with van der Waals surface area (Å²) >= 11 is 0. The molecular weight excluding hydrogens is 160 g/mol. The molecule has 0 fully saturated rings. The van der Waals surface area contributed by atoms with E-state index in [0.717, 1.165) is 0 Å². The molecule has 0 aromatic carbocycles. The van der Waals surface area contributed by atoms with Crippen LogP contribution in [0.1, 0.15) is 0 Å². The van der Waals surface area contributed by atoms with E-state index in [4.69, 9.17) is 0 Å². The molecule has 0 saturated heterocycles. The first-order valence-electron chi connectivity index (χ1n) is 3.24. The predicted octanol–water partition coefficient (Wildman–Crippen LogP) is 0.356. The molecule has 0 rings (SSSR count). The largest absolute Gasteiger partial charge is 0.458 e. The van der Waals surface area contributed by atoms with E-state index < -0.39 is 5.97 Å². The highest BCUT2D eigenvalue weighted by molar-refractivity contribution is 5.81. The van der Waals surface area contributed by atoms with Crippen molar-refractivity contribution in [3.63, 3.8) is 0 Å². The molecule has 0 aliphatic heterocycles. The fraction of sp³-hybridized carbons (Fsp3) is 0.250. The van der Waals surface area contributed by atoms with Crippen LogP contribution in [-0.4, -0.2) is 25.7 Å². The van der Waals surface area contributed by atoms with Crippen LogP contribution in [0.15, 0.2) is 24.8 Å². The van der Waals surface area contributed by atoms with Crippen LogP contribution >= 0.6 is 0 Å². The molecule has 0 aliphatic carbocycles. The Hall–Kier alpha value is -1.58. The average Bonchev–Trinajstić information content (AvgIpc) is 2.09. The molecule has 4 nitrogen and oxygen atoms in total. The van der Waals surface area contributed by atoms with Gasteiger partial charge in [-0.05, 0) is 6.08 Å². The van der Waals surface area contributed by atoms with E-state index in [1.807, 2.05) is 0 Å². The highest BCUT2D eigenvalue weighted by atomic mass is 16.5. The van der Waals surface area contributed by atoms with E-state index in [9.17, 15) is 9.59 Å². The molecular formula is C8H9O4. The number of hydrogen-bond donors (Lipinski definition) is 0. The summed E-state index contributed by atoms with van der Waals surface area (Å²) in [5.41, 5.74) is 0. The van der Waals surface area contributed by atoms with Crippen molar-refractivity contribution in [2.45, 2.75) is 0 Å². The highest BCUT2D eigenvalue weighted by Gasteiger charge is 1.92. The zero-order chi connectivity index (χ0) is 9.23. The van der Waals surface area contributed by atoms with Crippen LogP contribution in [0.3, 0.4) is 0 Å². The summed E-state index contributed by atoms with van der Waals surface area (Å²) in [5, 5.41) is 0. The van der Waals surface area contributed by atoms with Crippen LogP contribution in [0, 0.1) is 0 Å². The smallest absolute Gasteiger partial charge is 0.417 e. The summed E-state index contributed by atoms with van der Waals surface area (Å²) in [5.74, 6) is -0.496. The Morgan fingerprint density at radius 1 is 1.50 bits per heavy atom. The third-order valence-electron chi connectivity index (χ3n) is 0.836. The number of hydrogen-bond acceptors (Lipinski definition) is 4. The third-order valence-corrected chi connectivity index (χ3v) is 0.836. The van der Waals surface area contributed by atoms with Gasteiger partial charge in [0.2, 0.25) is 0 Å². The van der Waals surface area contributed by atoms with Gasteiger partial charge in [-0.3, -0.25) is 0 Å². The fourth-order valence-electron chi connectivity index (χ4n) is 0.416. The van der Waals surface area contributed by atoms with E-state index in [2.05, 4.69) is 16.1 Å². The van der Waals surface area contributed by atoms with Gasteiger partial charge in [0.1, 0.15) is 13.2 Å². The van der Waals surface area contributed by atoms with Gasteiger partial charge in [-0.25, -0.2) is 9.59 Å². The van der Waals surface area contributed by atoms with Crippen molar-refractivity contribution in [1.82, 2.24) is 0 Å². The normalized spacial score (nSPS) is 9.33. The van der Waals surface area contributed by atoms with Crippen molar-refractivity contribution in [2.75, 3.05) is 13.2 Å². The Morgan fingerprint density at radius 2 is 2.25 bits per heavy atom. The maximum absolute atomic E-state index is 10.7. The predicted molar refractivity (Wildman–Crippen MR) is 41.9 cm³/mol. The SMILES string of the molecule is C=CCOC(=O)C=CCO[C]=O. The lowest BCUT2D eigenvalue weighted by atomic mass is 10.5. The molecule has 65 valence electrons. The average molecular weight is 169 g/mol. The molecule has 0 aliphatic rings. The number of carbonyl (C=O) groups excluding carboxylic acids is 2. The summed E-state index contributed by atoms with van der Waals surface area (Å²) in [4.78, 5) is 20.2. The highest BCUT2D eigenvalue weighted by Crippen LogP contribution is 1.82. The second-order valence-corrected chi connectivity index (χ2v) is 1.72. The van der Waals surface area contributed by atoms with Crippen molar-refractivity contribution in [3.05, 3.63) is 24.8 Å². The number of rotatable bonds is 6. The minimum absolute atomic E-state index is 0.0205. The lowest BCUT2D eigenvalue weighted by Crippen LogP contribution is -2.00. The molecule has 0 N–H and O–H groups in total. The number of ether oxygens (including phenoxy) is 2. The molecule has 0 bridgehead atoms. The van der Waals surface area contributed by atoms with E-state index >= 15 is 0 Å². The second kappa shape index (κ2) is 7.53. The van der Waals surface area contributed by atoms with Crippen molar-refractivity contribution in [3.8, 4) is 0 Å². The standard InChI is InChI=1S/C8H9O4/c1-2-5-12-8(10)4-3-6-11-7-9/h2-4H,1,5-6H2. The molecule has 12 heavy (non-hydrogen) atoms. The van der Waals surface area contributed by atoms with Gasteiger partial charge < -0.3 is 9.47 Å². The van der Waals surface area contributed by atoms with Crippen molar-refractivity contribution < 1.29 is 19.1 Å². The van der Waals surface area contributed by atoms with Gasteiger partial charge in [-0.1, -0.05) is 12.7 Å². The monoisotopic (exact) mass is 169 g/mol. The molecule has 0 aromatic heterocycles. The Bertz CT molecular complexity index is 183. The molecule has 4 heteroatoms. The fourth-order valence-corrected chi connectivity index (χ4v) is 0.416. The van der Waals surface area contributed by atoms with Crippen LogP contribution in [0.25, 0.3) is 0 Å². The number of esters is 1. The second-order valence-electron chi connectivity index (χ2n) is 1.72. The van der Waals surface area contributed by atoms with Gasteiger partial charge in [-0.15, -0.1) is 0 Å².